The Morgan fingerprint density at radius 3 is 2.39 bits per heavy atom. The summed E-state index contributed by atoms with van der Waals surface area (Å²) >= 11 is 0. The van der Waals surface area contributed by atoms with Crippen LogP contribution in [0, 0.1) is 11.2 Å². The van der Waals surface area contributed by atoms with Crippen molar-refractivity contribution in [3.8, 4) is 0 Å². The van der Waals surface area contributed by atoms with Crippen molar-refractivity contribution < 1.29 is 14.0 Å². The molecule has 1 aromatic heterocycles. The highest BCUT2D eigenvalue weighted by molar-refractivity contribution is 5.96. The molecular formula is C23H30FN5O2. The van der Waals surface area contributed by atoms with Crippen LogP contribution < -0.4 is 9.80 Å². The Labute approximate surface area is 182 Å². The van der Waals surface area contributed by atoms with Crippen molar-refractivity contribution in [1.29, 1.82) is 0 Å². The Bertz CT molecular complexity index is 969. The molecule has 1 aromatic carbocycles. The van der Waals surface area contributed by atoms with E-state index >= 15 is 0 Å². The third kappa shape index (κ3) is 5.18. The average molecular weight is 428 g/mol. The van der Waals surface area contributed by atoms with Gasteiger partial charge in [-0.05, 0) is 24.3 Å². The van der Waals surface area contributed by atoms with Crippen LogP contribution in [0.5, 0.6) is 0 Å². The maximum Gasteiger partial charge on any atom is 0.228 e. The van der Waals surface area contributed by atoms with Crippen LogP contribution >= 0.6 is 0 Å². The first-order chi connectivity index (χ1) is 14.5. The third-order valence-corrected chi connectivity index (χ3v) is 5.29. The Hall–Kier alpha value is -3.03. The van der Waals surface area contributed by atoms with E-state index in [-0.39, 0.29) is 30.1 Å². The zero-order valence-electron chi connectivity index (χ0n) is 19.0. The molecule has 3 rings (SSSR count). The van der Waals surface area contributed by atoms with Gasteiger partial charge in [-0.2, -0.15) is 0 Å². The Balaban J connectivity index is 1.86. The smallest absolute Gasteiger partial charge is 0.228 e. The number of hydrogen-bond donors (Lipinski definition) is 0. The lowest BCUT2D eigenvalue weighted by molar-refractivity contribution is -0.138. The number of aromatic nitrogens is 2. The fourth-order valence-corrected chi connectivity index (χ4v) is 3.64. The second kappa shape index (κ2) is 8.61. The van der Waals surface area contributed by atoms with Crippen molar-refractivity contribution in [1.82, 2.24) is 14.9 Å². The quantitative estimate of drug-likeness (QED) is 0.733. The molecule has 166 valence electrons. The molecule has 1 aliphatic heterocycles. The van der Waals surface area contributed by atoms with E-state index < -0.39 is 5.41 Å². The summed E-state index contributed by atoms with van der Waals surface area (Å²) in [6.07, 6.45) is 0.317. The molecule has 1 atom stereocenters. The summed E-state index contributed by atoms with van der Waals surface area (Å²) in [6, 6.07) is 7.82. The Morgan fingerprint density at radius 2 is 1.81 bits per heavy atom. The molecule has 0 N–H and O–H groups in total. The summed E-state index contributed by atoms with van der Waals surface area (Å²) in [5.74, 6) is 0.798. The number of amides is 2. The molecule has 0 saturated carbocycles. The standard InChI is InChI=1S/C23H30FN5O2/c1-23(2,3)22(31)28(6)14-19-25-18(12-20(26-19)27(4)5)15-11-21(30)29(13-15)17-9-7-16(24)8-10-17/h7-10,12,15H,11,13-14H2,1-6H3/t15-/m0/s1. The van der Waals surface area contributed by atoms with Crippen LogP contribution in [0.25, 0.3) is 0 Å². The van der Waals surface area contributed by atoms with E-state index in [1.165, 1.54) is 12.1 Å². The molecular weight excluding hydrogens is 397 g/mol. The molecule has 1 saturated heterocycles. The second-order valence-corrected chi connectivity index (χ2v) is 9.25. The molecule has 2 aromatic rings. The number of carbonyl (C=O) groups excluding carboxylic acids is 2. The molecule has 8 heteroatoms. The fraction of sp³-hybridized carbons (Fsp3) is 0.478. The molecule has 2 heterocycles. The summed E-state index contributed by atoms with van der Waals surface area (Å²) < 4.78 is 13.3. The summed E-state index contributed by atoms with van der Waals surface area (Å²) in [6.45, 7) is 6.38. The number of rotatable bonds is 5. The molecule has 0 radical (unpaired) electrons. The summed E-state index contributed by atoms with van der Waals surface area (Å²) in [5, 5.41) is 0. The SMILES string of the molecule is CN(Cc1nc([C@H]2CC(=O)N(c3ccc(F)cc3)C2)cc(N(C)C)n1)C(=O)C(C)(C)C. The molecule has 1 fully saturated rings. The van der Waals surface area contributed by atoms with Crippen LogP contribution in [0.1, 0.15) is 44.6 Å². The van der Waals surface area contributed by atoms with Crippen LogP contribution in [-0.4, -0.2) is 54.4 Å². The molecule has 0 spiro atoms. The van der Waals surface area contributed by atoms with E-state index in [4.69, 9.17) is 4.98 Å². The van der Waals surface area contributed by atoms with Crippen molar-refractivity contribution in [3.63, 3.8) is 0 Å². The number of carbonyl (C=O) groups is 2. The lowest BCUT2D eigenvalue weighted by Crippen LogP contribution is -2.36. The van der Waals surface area contributed by atoms with Crippen molar-refractivity contribution >= 4 is 23.3 Å². The largest absolute Gasteiger partial charge is 0.363 e. The maximum absolute atomic E-state index is 13.3. The van der Waals surface area contributed by atoms with Gasteiger partial charge in [0.15, 0.2) is 0 Å². The number of anilines is 2. The maximum atomic E-state index is 13.3. The minimum atomic E-state index is -0.496. The normalized spacial score (nSPS) is 16.5. The van der Waals surface area contributed by atoms with Crippen molar-refractivity contribution in [3.05, 3.63) is 47.7 Å². The molecule has 7 nitrogen and oxygen atoms in total. The van der Waals surface area contributed by atoms with Crippen LogP contribution in [-0.2, 0) is 16.1 Å². The van der Waals surface area contributed by atoms with E-state index in [2.05, 4.69) is 4.98 Å². The lowest BCUT2D eigenvalue weighted by Gasteiger charge is -2.26. The van der Waals surface area contributed by atoms with Gasteiger partial charge < -0.3 is 14.7 Å². The van der Waals surface area contributed by atoms with Gasteiger partial charge >= 0.3 is 0 Å². The van der Waals surface area contributed by atoms with Crippen molar-refractivity contribution in [2.45, 2.75) is 39.7 Å². The first-order valence-electron chi connectivity index (χ1n) is 10.3. The van der Waals surface area contributed by atoms with Crippen molar-refractivity contribution in [2.24, 2.45) is 5.41 Å². The minimum absolute atomic E-state index is 0.00596. The average Bonchev–Trinajstić information content (AvgIpc) is 3.08. The van der Waals surface area contributed by atoms with Gasteiger partial charge in [0.1, 0.15) is 17.5 Å². The highest BCUT2D eigenvalue weighted by Crippen LogP contribution is 2.32. The molecule has 31 heavy (non-hydrogen) atoms. The summed E-state index contributed by atoms with van der Waals surface area (Å²) in [7, 11) is 5.53. The second-order valence-electron chi connectivity index (χ2n) is 9.25. The number of halogens is 1. The van der Waals surface area contributed by atoms with Crippen molar-refractivity contribution in [2.75, 3.05) is 37.5 Å². The van der Waals surface area contributed by atoms with Crippen LogP contribution in [0.3, 0.4) is 0 Å². The van der Waals surface area contributed by atoms with E-state index in [1.54, 1.807) is 29.0 Å². The molecule has 0 bridgehead atoms. The predicted molar refractivity (Wildman–Crippen MR) is 118 cm³/mol. The van der Waals surface area contributed by atoms with Gasteiger partial charge in [0.05, 0.1) is 12.2 Å². The Morgan fingerprint density at radius 1 is 1.16 bits per heavy atom. The van der Waals surface area contributed by atoms with Gasteiger partial charge in [-0.1, -0.05) is 20.8 Å². The number of benzene rings is 1. The van der Waals surface area contributed by atoms with Crippen LogP contribution in [0.15, 0.2) is 30.3 Å². The first-order valence-corrected chi connectivity index (χ1v) is 10.3. The van der Waals surface area contributed by atoms with E-state index in [0.29, 0.717) is 24.5 Å². The first kappa shape index (κ1) is 22.7. The van der Waals surface area contributed by atoms with Gasteiger partial charge in [0.2, 0.25) is 11.8 Å². The highest BCUT2D eigenvalue weighted by atomic mass is 19.1. The predicted octanol–water partition coefficient (Wildman–Crippen LogP) is 3.21. The molecule has 2 amide bonds. The molecule has 0 aliphatic carbocycles. The summed E-state index contributed by atoms with van der Waals surface area (Å²) in [4.78, 5) is 39.7. The van der Waals surface area contributed by atoms with E-state index in [0.717, 1.165) is 11.5 Å². The van der Waals surface area contributed by atoms with Gasteiger partial charge in [0.25, 0.3) is 0 Å². The minimum Gasteiger partial charge on any atom is -0.363 e. The van der Waals surface area contributed by atoms with Crippen LogP contribution in [0.4, 0.5) is 15.9 Å². The number of nitrogens with zero attached hydrogens (tertiary/aromatic N) is 5. The van der Waals surface area contributed by atoms with Gasteiger partial charge in [-0.25, -0.2) is 14.4 Å². The zero-order chi connectivity index (χ0) is 22.9. The zero-order valence-corrected chi connectivity index (χ0v) is 19.0. The topological polar surface area (TPSA) is 69.6 Å². The van der Waals surface area contributed by atoms with E-state index in [1.807, 2.05) is 45.8 Å². The van der Waals surface area contributed by atoms with Gasteiger partial charge in [0, 0.05) is 57.2 Å². The van der Waals surface area contributed by atoms with E-state index in [9.17, 15) is 14.0 Å². The molecule has 0 unspecified atom stereocenters. The Kier molecular flexibility index (Phi) is 6.29. The monoisotopic (exact) mass is 427 g/mol. The number of hydrogen-bond acceptors (Lipinski definition) is 5. The van der Waals surface area contributed by atoms with Crippen LogP contribution in [0.2, 0.25) is 0 Å². The van der Waals surface area contributed by atoms with Gasteiger partial charge in [-0.15, -0.1) is 0 Å². The highest BCUT2D eigenvalue weighted by Gasteiger charge is 2.33. The summed E-state index contributed by atoms with van der Waals surface area (Å²) in [5.41, 5.74) is 0.944. The lowest BCUT2D eigenvalue weighted by atomic mass is 9.95. The third-order valence-electron chi connectivity index (χ3n) is 5.29. The fourth-order valence-electron chi connectivity index (χ4n) is 3.64. The molecule has 1 aliphatic rings. The van der Waals surface area contributed by atoms with Gasteiger partial charge in [-0.3, -0.25) is 9.59 Å².